The van der Waals surface area contributed by atoms with Gasteiger partial charge in [0, 0.05) is 29.9 Å². The second-order valence-electron chi connectivity index (χ2n) is 10.8. The van der Waals surface area contributed by atoms with Crippen LogP contribution in [-0.2, 0) is 21.5 Å². The lowest BCUT2D eigenvalue weighted by Crippen LogP contribution is -2.42. The van der Waals surface area contributed by atoms with Gasteiger partial charge in [-0.05, 0) is 53.6 Å². The summed E-state index contributed by atoms with van der Waals surface area (Å²) in [5.74, 6) is 0.383. The number of halogens is 1. The molecule has 41 heavy (non-hydrogen) atoms. The minimum atomic E-state index is -0.421. The molecule has 0 saturated heterocycles. The highest BCUT2D eigenvalue weighted by Gasteiger charge is 2.40. The molecule has 1 atom stereocenters. The summed E-state index contributed by atoms with van der Waals surface area (Å²) in [5.41, 5.74) is 3.41. The molecule has 5 rings (SSSR count). The number of carbonyl (C=O) groups excluding carboxylic acids is 2. The number of hydrogen-bond acceptors (Lipinski definition) is 6. The summed E-state index contributed by atoms with van der Waals surface area (Å²) in [5, 5.41) is 7.57. The Morgan fingerprint density at radius 2 is 1.93 bits per heavy atom. The molecule has 3 heterocycles. The first-order valence-corrected chi connectivity index (χ1v) is 14.3. The highest BCUT2D eigenvalue weighted by molar-refractivity contribution is 8.00. The Kier molecular flexibility index (Phi) is 8.12. The molecule has 0 unspecified atom stereocenters. The normalized spacial score (nSPS) is 15.3. The number of carbonyl (C=O) groups is 2. The van der Waals surface area contributed by atoms with E-state index in [1.165, 1.54) is 28.8 Å². The van der Waals surface area contributed by atoms with Gasteiger partial charge in [-0.2, -0.15) is 5.10 Å². The third-order valence-corrected chi connectivity index (χ3v) is 8.04. The number of hydrogen-bond donors (Lipinski definition) is 1. The largest absolute Gasteiger partial charge is 0.497 e. The number of amides is 2. The molecule has 0 aliphatic carbocycles. The molecule has 0 radical (unpaired) electrons. The summed E-state index contributed by atoms with van der Waals surface area (Å²) in [7, 11) is 1.60. The maximum absolute atomic E-state index is 14.4. The molecule has 4 aromatic rings. The summed E-state index contributed by atoms with van der Waals surface area (Å²) in [6.07, 6.45) is 3.35. The zero-order chi connectivity index (χ0) is 29.1. The first-order chi connectivity index (χ1) is 19.7. The first kappa shape index (κ1) is 28.4. The van der Waals surface area contributed by atoms with Crippen molar-refractivity contribution in [3.05, 3.63) is 101 Å². The second kappa shape index (κ2) is 11.7. The SMILES string of the molecule is COc1ccc(-n2nc(C(C)(C)C)c3c2N(CC(=O)NCc2cccnc2)C(=O)CS[C@@H]3c2cccc(F)c2)cc1. The van der Waals surface area contributed by atoms with E-state index in [0.717, 1.165) is 22.4 Å². The van der Waals surface area contributed by atoms with E-state index in [2.05, 4.69) is 31.1 Å². The summed E-state index contributed by atoms with van der Waals surface area (Å²) in [6.45, 7) is 6.25. The van der Waals surface area contributed by atoms with Crippen molar-refractivity contribution in [2.75, 3.05) is 24.3 Å². The van der Waals surface area contributed by atoms with E-state index in [-0.39, 0.29) is 41.7 Å². The standard InChI is InChI=1S/C31H32FN5O3S/c1-31(2,3)29-27-28(21-8-5-9-22(32)15-21)41-19-26(39)36(18-25(38)34-17-20-7-6-14-33-16-20)30(27)37(35-29)23-10-12-24(40-4)13-11-23/h5-16,28H,17-19H2,1-4H3,(H,34,38)/t28-/m1/s1. The van der Waals surface area contributed by atoms with E-state index in [4.69, 9.17) is 9.84 Å². The van der Waals surface area contributed by atoms with Crippen LogP contribution >= 0.6 is 11.8 Å². The lowest BCUT2D eigenvalue weighted by atomic mass is 9.87. The number of benzene rings is 2. The number of nitrogens with zero attached hydrogens (tertiary/aromatic N) is 4. The van der Waals surface area contributed by atoms with Crippen molar-refractivity contribution in [1.82, 2.24) is 20.1 Å². The van der Waals surface area contributed by atoms with Gasteiger partial charge in [-0.15, -0.1) is 11.8 Å². The molecule has 10 heteroatoms. The number of thioether (sulfide) groups is 1. The van der Waals surface area contributed by atoms with Gasteiger partial charge >= 0.3 is 0 Å². The van der Waals surface area contributed by atoms with Gasteiger partial charge in [0.2, 0.25) is 11.8 Å². The van der Waals surface area contributed by atoms with Crippen molar-refractivity contribution in [2.45, 2.75) is 38.0 Å². The van der Waals surface area contributed by atoms with Gasteiger partial charge < -0.3 is 10.1 Å². The van der Waals surface area contributed by atoms with Crippen LogP contribution in [-0.4, -0.2) is 46.0 Å². The number of anilines is 1. The predicted octanol–water partition coefficient (Wildman–Crippen LogP) is 5.20. The lowest BCUT2D eigenvalue weighted by Gasteiger charge is -2.24. The van der Waals surface area contributed by atoms with Crippen LogP contribution in [0, 0.1) is 5.82 Å². The third-order valence-electron chi connectivity index (χ3n) is 6.78. The van der Waals surface area contributed by atoms with Gasteiger partial charge in [0.15, 0.2) is 0 Å². The average molecular weight is 574 g/mol. The van der Waals surface area contributed by atoms with Crippen LogP contribution in [0.5, 0.6) is 5.75 Å². The Labute approximate surface area is 242 Å². The first-order valence-electron chi connectivity index (χ1n) is 13.3. The smallest absolute Gasteiger partial charge is 0.240 e. The molecular formula is C31H32FN5O3S. The number of aromatic nitrogens is 3. The Bertz CT molecular complexity index is 1550. The summed E-state index contributed by atoms with van der Waals surface area (Å²) >= 11 is 1.41. The van der Waals surface area contributed by atoms with Crippen LogP contribution in [0.3, 0.4) is 0 Å². The molecule has 1 aliphatic heterocycles. The van der Waals surface area contributed by atoms with Gasteiger partial charge in [-0.25, -0.2) is 9.07 Å². The van der Waals surface area contributed by atoms with Crippen molar-refractivity contribution in [3.63, 3.8) is 0 Å². The highest BCUT2D eigenvalue weighted by Crippen LogP contribution is 2.48. The molecule has 0 fully saturated rings. The minimum absolute atomic E-state index is 0.109. The number of pyridine rings is 1. The topological polar surface area (TPSA) is 89.3 Å². The third kappa shape index (κ3) is 6.12. The quantitative estimate of drug-likeness (QED) is 0.327. The number of methoxy groups -OCH3 is 1. The summed E-state index contributed by atoms with van der Waals surface area (Å²) in [4.78, 5) is 32.6. The fourth-order valence-corrected chi connectivity index (χ4v) is 6.00. The number of nitrogens with one attached hydrogen (secondary N) is 1. The average Bonchev–Trinajstić information content (AvgIpc) is 3.30. The fraction of sp³-hybridized carbons (Fsp3) is 0.290. The molecule has 8 nitrogen and oxygen atoms in total. The molecule has 0 spiro atoms. The summed E-state index contributed by atoms with van der Waals surface area (Å²) in [6, 6.07) is 17.5. The molecular weight excluding hydrogens is 541 g/mol. The van der Waals surface area contributed by atoms with Crippen LogP contribution in [0.2, 0.25) is 0 Å². The molecule has 1 N–H and O–H groups in total. The maximum atomic E-state index is 14.4. The Morgan fingerprint density at radius 1 is 1.15 bits per heavy atom. The zero-order valence-electron chi connectivity index (χ0n) is 23.4. The van der Waals surface area contributed by atoms with Crippen LogP contribution in [0.25, 0.3) is 5.69 Å². The zero-order valence-corrected chi connectivity index (χ0v) is 24.2. The fourth-order valence-electron chi connectivity index (χ4n) is 4.81. The molecule has 1 aliphatic rings. The molecule has 2 aromatic carbocycles. The number of rotatable bonds is 7. The number of ether oxygens (including phenoxy) is 1. The van der Waals surface area contributed by atoms with E-state index >= 15 is 0 Å². The Hall–Kier alpha value is -4.18. The molecule has 0 saturated carbocycles. The van der Waals surface area contributed by atoms with Crippen molar-refractivity contribution in [3.8, 4) is 11.4 Å². The maximum Gasteiger partial charge on any atom is 0.240 e. The van der Waals surface area contributed by atoms with E-state index in [0.29, 0.717) is 17.3 Å². The van der Waals surface area contributed by atoms with Gasteiger partial charge in [0.1, 0.15) is 23.9 Å². The Balaban J connectivity index is 1.65. The van der Waals surface area contributed by atoms with E-state index in [1.807, 2.05) is 36.4 Å². The van der Waals surface area contributed by atoms with Crippen LogP contribution < -0.4 is 15.0 Å². The van der Waals surface area contributed by atoms with Gasteiger partial charge in [-0.1, -0.05) is 39.0 Å². The van der Waals surface area contributed by atoms with Gasteiger partial charge in [0.05, 0.1) is 29.5 Å². The molecule has 2 amide bonds. The van der Waals surface area contributed by atoms with Crippen LogP contribution in [0.15, 0.2) is 73.1 Å². The van der Waals surface area contributed by atoms with Crippen molar-refractivity contribution in [2.24, 2.45) is 0 Å². The second-order valence-corrected chi connectivity index (χ2v) is 11.9. The van der Waals surface area contributed by atoms with Crippen molar-refractivity contribution in [1.29, 1.82) is 0 Å². The van der Waals surface area contributed by atoms with Gasteiger partial charge in [0.25, 0.3) is 0 Å². The van der Waals surface area contributed by atoms with Gasteiger partial charge in [-0.3, -0.25) is 19.5 Å². The van der Waals surface area contributed by atoms with E-state index in [1.54, 1.807) is 36.3 Å². The summed E-state index contributed by atoms with van der Waals surface area (Å²) < 4.78 is 21.5. The minimum Gasteiger partial charge on any atom is -0.497 e. The van der Waals surface area contributed by atoms with E-state index < -0.39 is 5.41 Å². The molecule has 0 bridgehead atoms. The monoisotopic (exact) mass is 573 g/mol. The van der Waals surface area contributed by atoms with Crippen LogP contribution in [0.1, 0.15) is 48.4 Å². The predicted molar refractivity (Wildman–Crippen MR) is 158 cm³/mol. The number of fused-ring (bicyclic) bond motifs is 1. The lowest BCUT2D eigenvalue weighted by molar-refractivity contribution is -0.123. The van der Waals surface area contributed by atoms with Crippen LogP contribution in [0.4, 0.5) is 10.2 Å². The van der Waals surface area contributed by atoms with Crippen molar-refractivity contribution >= 4 is 29.4 Å². The van der Waals surface area contributed by atoms with E-state index in [9.17, 15) is 14.0 Å². The van der Waals surface area contributed by atoms with Crippen molar-refractivity contribution < 1.29 is 18.7 Å². The molecule has 212 valence electrons. The Morgan fingerprint density at radius 3 is 2.59 bits per heavy atom. The highest BCUT2D eigenvalue weighted by atomic mass is 32.2. The molecule has 2 aromatic heterocycles.